The summed E-state index contributed by atoms with van der Waals surface area (Å²) in [6.07, 6.45) is 12.8. The van der Waals surface area contributed by atoms with Crippen LogP contribution in [0.15, 0.2) is 24.3 Å². The number of rotatable bonds is 20. The zero-order valence-corrected chi connectivity index (χ0v) is 41.0. The zero-order chi connectivity index (χ0) is 43.2. The minimum atomic E-state index is -3.97. The molecule has 0 spiro atoms. The van der Waals surface area contributed by atoms with Gasteiger partial charge in [0.15, 0.2) is 0 Å². The minimum Gasteiger partial charge on any atom is -0.778 e. The predicted octanol–water partition coefficient (Wildman–Crippen LogP) is 12.8. The van der Waals surface area contributed by atoms with Gasteiger partial charge in [0.05, 0.1) is 13.2 Å². The molecule has 0 aliphatic heterocycles. The van der Waals surface area contributed by atoms with Gasteiger partial charge in [-0.1, -0.05) is 185 Å². The molecule has 2 atom stereocenters. The second-order valence-electron chi connectivity index (χ2n) is 19.8. The molecule has 0 amide bonds. The molecule has 8 nitrogen and oxygen atoms in total. The van der Waals surface area contributed by atoms with Crippen molar-refractivity contribution >= 4 is 15.2 Å². The van der Waals surface area contributed by atoms with Crippen molar-refractivity contribution in [2.75, 3.05) is 13.2 Å². The van der Waals surface area contributed by atoms with E-state index in [0.717, 1.165) is 60.8 Å². The van der Waals surface area contributed by atoms with E-state index in [1.807, 2.05) is 107 Å². The standard InChI is InChI=1S/2C23H41O4P.Ni/c2*1-8-9-10-11-12-13-14-27-28(25,26)17-18-15-19(22(2,3)4)21(24)20(16-18)23(5,6)7;/h2*15-16,24H,8-14,17H2,1-7H3,(H,25,26);/q;;+2/p-2. The molecular formula is C46H80NiO8P2. The molecule has 332 valence electrons. The third-order valence-corrected chi connectivity index (χ3v) is 12.6. The smallest absolute Gasteiger partial charge is 0.778 e. The largest absolute Gasteiger partial charge is 2.00 e. The first kappa shape index (κ1) is 55.8. The molecule has 0 radical (unpaired) electrons. The molecule has 0 fully saturated rings. The average molecular weight is 882 g/mol. The quantitative estimate of drug-likeness (QED) is 0.0761. The van der Waals surface area contributed by atoms with Gasteiger partial charge in [-0.2, -0.15) is 0 Å². The van der Waals surface area contributed by atoms with Crippen LogP contribution in [0.1, 0.15) is 207 Å². The molecule has 11 heteroatoms. The summed E-state index contributed by atoms with van der Waals surface area (Å²) in [6, 6.07) is 7.24. The molecule has 0 aliphatic rings. The number of benzene rings is 2. The van der Waals surface area contributed by atoms with Gasteiger partial charge in [-0.3, -0.25) is 0 Å². The van der Waals surface area contributed by atoms with Crippen LogP contribution in [0, 0.1) is 0 Å². The first-order chi connectivity index (χ1) is 25.6. The summed E-state index contributed by atoms with van der Waals surface area (Å²) < 4.78 is 35.5. The normalized spacial score (nSPS) is 14.6. The van der Waals surface area contributed by atoms with E-state index in [2.05, 4.69) is 13.8 Å². The molecule has 0 heterocycles. The Morgan fingerprint density at radius 1 is 0.474 bits per heavy atom. The molecule has 2 unspecified atom stereocenters. The summed E-state index contributed by atoms with van der Waals surface area (Å²) in [7, 11) is -7.93. The Balaban J connectivity index is 0.00000108. The number of aromatic hydroxyl groups is 2. The predicted molar refractivity (Wildman–Crippen MR) is 232 cm³/mol. The maximum atomic E-state index is 12.5. The van der Waals surface area contributed by atoms with Crippen molar-refractivity contribution in [3.05, 3.63) is 57.6 Å². The maximum Gasteiger partial charge on any atom is 2.00 e. The Morgan fingerprint density at radius 3 is 0.930 bits per heavy atom. The van der Waals surface area contributed by atoms with E-state index < -0.39 is 15.2 Å². The van der Waals surface area contributed by atoms with Crippen molar-refractivity contribution in [2.24, 2.45) is 0 Å². The molecule has 0 saturated carbocycles. The van der Waals surface area contributed by atoms with E-state index >= 15 is 0 Å². The van der Waals surface area contributed by atoms with Gasteiger partial charge in [0.1, 0.15) is 26.7 Å². The Hall–Kier alpha value is -1.17. The molecule has 2 aromatic carbocycles. The first-order valence-electron chi connectivity index (χ1n) is 21.2. The van der Waals surface area contributed by atoms with Gasteiger partial charge in [0.25, 0.3) is 0 Å². The molecule has 2 aromatic rings. The van der Waals surface area contributed by atoms with Crippen molar-refractivity contribution < 1.29 is 54.7 Å². The zero-order valence-electron chi connectivity index (χ0n) is 38.2. The number of hydrogen-bond donors (Lipinski definition) is 2. The average Bonchev–Trinajstić information content (AvgIpc) is 3.03. The molecule has 2 N–H and O–H groups in total. The van der Waals surface area contributed by atoms with Crippen LogP contribution in [0.25, 0.3) is 0 Å². The summed E-state index contributed by atoms with van der Waals surface area (Å²) in [6.45, 7) is 29.1. The molecule has 57 heavy (non-hydrogen) atoms. The van der Waals surface area contributed by atoms with Gasteiger partial charge < -0.3 is 38.2 Å². The van der Waals surface area contributed by atoms with E-state index in [9.17, 15) is 29.1 Å². The third kappa shape index (κ3) is 21.3. The van der Waals surface area contributed by atoms with Crippen molar-refractivity contribution in [1.29, 1.82) is 0 Å². The second-order valence-corrected chi connectivity index (χ2v) is 23.4. The van der Waals surface area contributed by atoms with Gasteiger partial charge in [0.2, 0.25) is 0 Å². The van der Waals surface area contributed by atoms with Crippen LogP contribution in [0.2, 0.25) is 0 Å². The number of hydrogen-bond acceptors (Lipinski definition) is 8. The van der Waals surface area contributed by atoms with Gasteiger partial charge in [-0.15, -0.1) is 0 Å². The fourth-order valence-electron chi connectivity index (χ4n) is 6.57. The monoisotopic (exact) mass is 880 g/mol. The summed E-state index contributed by atoms with van der Waals surface area (Å²) in [5.74, 6) is 0.523. The molecule has 0 aliphatic carbocycles. The Bertz CT molecular complexity index is 1390. The van der Waals surface area contributed by atoms with E-state index in [-0.39, 0.29) is 75.2 Å². The van der Waals surface area contributed by atoms with E-state index in [1.54, 1.807) is 0 Å². The SMILES string of the molecule is CCCCCCCCOP(=O)([O-])Cc1cc(C(C)(C)C)c(O)c(C(C)(C)C)c1.CCCCCCCCOP(=O)([O-])Cc1cc(C(C)(C)C)c(O)c(C(C)(C)C)c1.[Ni+2]. The van der Waals surface area contributed by atoms with Crippen LogP contribution in [0.3, 0.4) is 0 Å². The van der Waals surface area contributed by atoms with Crippen molar-refractivity contribution in [3.8, 4) is 11.5 Å². The molecule has 0 aromatic heterocycles. The van der Waals surface area contributed by atoms with Crippen LogP contribution < -0.4 is 9.79 Å². The fraction of sp³-hybridized carbons (Fsp3) is 0.739. The third-order valence-electron chi connectivity index (χ3n) is 9.90. The van der Waals surface area contributed by atoms with E-state index in [0.29, 0.717) is 11.1 Å². The van der Waals surface area contributed by atoms with Crippen LogP contribution in [-0.4, -0.2) is 23.4 Å². The number of phenolic OH excluding ortho intramolecular Hbond substituents is 2. The van der Waals surface area contributed by atoms with Gasteiger partial charge in [-0.05, 0) is 67.9 Å². The van der Waals surface area contributed by atoms with Crippen molar-refractivity contribution in [1.82, 2.24) is 0 Å². The van der Waals surface area contributed by atoms with Gasteiger partial charge in [0, 0.05) is 12.3 Å². The Labute approximate surface area is 358 Å². The van der Waals surface area contributed by atoms with Crippen LogP contribution in [0.4, 0.5) is 0 Å². The molecule has 0 saturated heterocycles. The fourth-order valence-corrected chi connectivity index (χ4v) is 8.83. The summed E-state index contributed by atoms with van der Waals surface area (Å²) in [4.78, 5) is 25.0. The van der Waals surface area contributed by atoms with Crippen LogP contribution in [-0.2, 0) is 68.7 Å². The Morgan fingerprint density at radius 2 is 0.702 bits per heavy atom. The van der Waals surface area contributed by atoms with E-state index in [4.69, 9.17) is 9.05 Å². The second kappa shape index (κ2) is 24.3. The first-order valence-corrected chi connectivity index (χ1v) is 24.6. The minimum absolute atomic E-state index is 0. The topological polar surface area (TPSA) is 139 Å². The van der Waals surface area contributed by atoms with Gasteiger partial charge in [-0.25, -0.2) is 0 Å². The number of phenols is 2. The summed E-state index contributed by atoms with van der Waals surface area (Å²) in [5.41, 5.74) is 3.29. The van der Waals surface area contributed by atoms with E-state index in [1.165, 1.54) is 38.5 Å². The Kier molecular flexibility index (Phi) is 23.8. The molecular weight excluding hydrogens is 801 g/mol. The maximum absolute atomic E-state index is 12.5. The van der Waals surface area contributed by atoms with Crippen molar-refractivity contribution in [2.45, 2.75) is 208 Å². The van der Waals surface area contributed by atoms with Gasteiger partial charge >= 0.3 is 16.5 Å². The van der Waals surface area contributed by atoms with Crippen molar-refractivity contribution in [3.63, 3.8) is 0 Å². The molecule has 0 bridgehead atoms. The molecule has 2 rings (SSSR count). The van der Waals surface area contributed by atoms with Crippen LogP contribution >= 0.6 is 15.2 Å². The summed E-state index contributed by atoms with van der Waals surface area (Å²) >= 11 is 0. The summed E-state index contributed by atoms with van der Waals surface area (Å²) in [5, 5.41) is 21.5. The van der Waals surface area contributed by atoms with Crippen LogP contribution in [0.5, 0.6) is 11.5 Å². The number of unbranched alkanes of at least 4 members (excludes halogenated alkanes) is 10.